The highest BCUT2D eigenvalue weighted by atomic mass is 16.5. The zero-order valence-electron chi connectivity index (χ0n) is 15.6. The Morgan fingerprint density at radius 1 is 1.25 bits per heavy atom. The van der Waals surface area contributed by atoms with E-state index in [1.165, 1.54) is 0 Å². The van der Waals surface area contributed by atoms with E-state index in [-0.39, 0.29) is 0 Å². The summed E-state index contributed by atoms with van der Waals surface area (Å²) >= 11 is 0. The number of fused-ring (bicyclic) bond motifs is 1. The summed E-state index contributed by atoms with van der Waals surface area (Å²) in [6.45, 7) is 4.22. The molecule has 0 spiro atoms. The van der Waals surface area contributed by atoms with Gasteiger partial charge in [0, 0.05) is 29.2 Å². The van der Waals surface area contributed by atoms with Crippen LogP contribution in [0.3, 0.4) is 0 Å². The number of nitrogens with zero attached hydrogens (tertiary/aromatic N) is 4. The number of amides is 1. The van der Waals surface area contributed by atoms with Crippen molar-refractivity contribution in [3.05, 3.63) is 65.6 Å². The molecule has 1 atom stereocenters. The number of allylic oxidation sites excluding steroid dienone is 1. The van der Waals surface area contributed by atoms with Crippen molar-refractivity contribution in [1.29, 1.82) is 0 Å². The molecular weight excluding hydrogens is 356 g/mol. The topological polar surface area (TPSA) is 108 Å². The van der Waals surface area contributed by atoms with Crippen LogP contribution in [0.25, 0.3) is 11.4 Å². The van der Waals surface area contributed by atoms with E-state index in [1.807, 2.05) is 43.3 Å². The van der Waals surface area contributed by atoms with Gasteiger partial charge in [0.1, 0.15) is 11.8 Å². The molecule has 0 bridgehead atoms. The Morgan fingerprint density at radius 2 is 2.00 bits per heavy atom. The van der Waals surface area contributed by atoms with Gasteiger partial charge in [-0.3, -0.25) is 9.78 Å². The van der Waals surface area contributed by atoms with Crippen LogP contribution in [-0.2, 0) is 4.79 Å². The van der Waals surface area contributed by atoms with Crippen LogP contribution in [0, 0.1) is 0 Å². The Hall–Kier alpha value is -3.68. The lowest BCUT2D eigenvalue weighted by atomic mass is 9.94. The lowest BCUT2D eigenvalue weighted by Crippen LogP contribution is -2.32. The molecule has 4 rings (SSSR count). The van der Waals surface area contributed by atoms with Gasteiger partial charge in [-0.15, -0.1) is 5.10 Å². The van der Waals surface area contributed by atoms with Crippen LogP contribution >= 0.6 is 0 Å². The summed E-state index contributed by atoms with van der Waals surface area (Å²) in [5.74, 6) is 1.22. The third-order valence-corrected chi connectivity index (χ3v) is 4.57. The second-order valence-electron chi connectivity index (χ2n) is 6.34. The standard InChI is InChI=1S/C20H20N6O2/c1-3-28-15-7-5-4-6-14(15)17-16(18(21)27)12(2)23-20-24-19(25-26(17)20)13-8-10-22-11-9-13/h4-11,17H,3H2,1-2H3,(H2,21,27)(H,23,24,25). The lowest BCUT2D eigenvalue weighted by Gasteiger charge is -2.28. The van der Waals surface area contributed by atoms with Crippen molar-refractivity contribution in [1.82, 2.24) is 19.7 Å². The molecule has 0 radical (unpaired) electrons. The van der Waals surface area contributed by atoms with E-state index in [2.05, 4.69) is 20.4 Å². The summed E-state index contributed by atoms with van der Waals surface area (Å²) in [7, 11) is 0. The Bertz CT molecular complexity index is 1060. The number of ether oxygens (including phenoxy) is 1. The molecule has 0 fully saturated rings. The zero-order chi connectivity index (χ0) is 19.7. The first-order valence-electron chi connectivity index (χ1n) is 8.96. The summed E-state index contributed by atoms with van der Waals surface area (Å²) in [6.07, 6.45) is 3.37. The monoisotopic (exact) mass is 376 g/mol. The van der Waals surface area contributed by atoms with Crippen LogP contribution in [0.15, 0.2) is 60.1 Å². The molecule has 1 aromatic carbocycles. The maximum Gasteiger partial charge on any atom is 0.248 e. The number of aromatic nitrogens is 4. The summed E-state index contributed by atoms with van der Waals surface area (Å²) in [5.41, 5.74) is 8.43. The fourth-order valence-corrected chi connectivity index (χ4v) is 3.37. The van der Waals surface area contributed by atoms with E-state index in [9.17, 15) is 4.79 Å². The van der Waals surface area contributed by atoms with Crippen molar-refractivity contribution in [2.75, 3.05) is 11.9 Å². The number of carbonyl (C=O) groups is 1. The second kappa shape index (κ2) is 7.15. The van der Waals surface area contributed by atoms with E-state index < -0.39 is 11.9 Å². The molecule has 8 nitrogen and oxygen atoms in total. The third-order valence-electron chi connectivity index (χ3n) is 4.57. The zero-order valence-corrected chi connectivity index (χ0v) is 15.6. The molecule has 142 valence electrons. The predicted octanol–water partition coefficient (Wildman–Crippen LogP) is 2.51. The van der Waals surface area contributed by atoms with E-state index in [1.54, 1.807) is 24.0 Å². The third kappa shape index (κ3) is 2.98. The summed E-state index contributed by atoms with van der Waals surface area (Å²) in [4.78, 5) is 21.0. The van der Waals surface area contributed by atoms with Crippen LogP contribution in [0.4, 0.5) is 5.95 Å². The van der Waals surface area contributed by atoms with Crippen molar-refractivity contribution in [2.24, 2.45) is 5.73 Å². The number of para-hydroxylation sites is 1. The smallest absolute Gasteiger partial charge is 0.248 e. The molecule has 0 aliphatic carbocycles. The maximum absolute atomic E-state index is 12.3. The van der Waals surface area contributed by atoms with Gasteiger partial charge in [0.25, 0.3) is 0 Å². The van der Waals surface area contributed by atoms with Crippen molar-refractivity contribution >= 4 is 11.9 Å². The van der Waals surface area contributed by atoms with Crippen LogP contribution in [0.2, 0.25) is 0 Å². The summed E-state index contributed by atoms with van der Waals surface area (Å²) in [6, 6.07) is 10.7. The van der Waals surface area contributed by atoms with Crippen LogP contribution in [0.5, 0.6) is 5.75 Å². The second-order valence-corrected chi connectivity index (χ2v) is 6.34. The summed E-state index contributed by atoms with van der Waals surface area (Å²) < 4.78 is 7.48. The van der Waals surface area contributed by atoms with E-state index in [0.29, 0.717) is 35.4 Å². The highest BCUT2D eigenvalue weighted by Gasteiger charge is 2.35. The largest absolute Gasteiger partial charge is 0.494 e. The minimum Gasteiger partial charge on any atom is -0.494 e. The van der Waals surface area contributed by atoms with Gasteiger partial charge in [-0.25, -0.2) is 4.68 Å². The molecule has 1 aliphatic rings. The first kappa shape index (κ1) is 17.7. The van der Waals surface area contributed by atoms with E-state index in [4.69, 9.17) is 10.5 Å². The molecule has 3 aromatic rings. The fraction of sp³-hybridized carbons (Fsp3) is 0.200. The molecule has 8 heteroatoms. The Labute approximate surface area is 162 Å². The maximum atomic E-state index is 12.3. The van der Waals surface area contributed by atoms with Crippen molar-refractivity contribution < 1.29 is 9.53 Å². The number of primary amides is 1. The predicted molar refractivity (Wildman–Crippen MR) is 105 cm³/mol. The van der Waals surface area contributed by atoms with E-state index >= 15 is 0 Å². The number of benzene rings is 1. The molecule has 1 aliphatic heterocycles. The molecule has 1 amide bonds. The minimum atomic E-state index is -0.542. The number of nitrogens with two attached hydrogens (primary N) is 1. The Morgan fingerprint density at radius 3 is 2.71 bits per heavy atom. The first-order valence-corrected chi connectivity index (χ1v) is 8.96. The van der Waals surface area contributed by atoms with Crippen LogP contribution in [0.1, 0.15) is 25.5 Å². The molecule has 0 saturated carbocycles. The van der Waals surface area contributed by atoms with Crippen LogP contribution in [-0.4, -0.2) is 32.3 Å². The van der Waals surface area contributed by atoms with Gasteiger partial charge >= 0.3 is 0 Å². The molecule has 3 N–H and O–H groups in total. The number of pyridine rings is 1. The lowest BCUT2D eigenvalue weighted by molar-refractivity contribution is -0.115. The molecule has 1 unspecified atom stereocenters. The van der Waals surface area contributed by atoms with Gasteiger partial charge in [0.15, 0.2) is 5.82 Å². The number of carbonyl (C=O) groups excluding carboxylic acids is 1. The Kier molecular flexibility index (Phi) is 4.52. The average Bonchev–Trinajstić information content (AvgIpc) is 3.12. The molecular formula is C20H20N6O2. The quantitative estimate of drug-likeness (QED) is 0.708. The van der Waals surface area contributed by atoms with Gasteiger partial charge < -0.3 is 15.8 Å². The SMILES string of the molecule is CCOc1ccccc1C1C(C(N)=O)=C(C)Nc2nc(-c3ccncc3)nn21. The van der Waals surface area contributed by atoms with Crippen molar-refractivity contribution in [3.63, 3.8) is 0 Å². The average molecular weight is 376 g/mol. The number of hydrogen-bond donors (Lipinski definition) is 2. The van der Waals surface area contributed by atoms with Crippen LogP contribution < -0.4 is 15.8 Å². The van der Waals surface area contributed by atoms with Crippen molar-refractivity contribution in [2.45, 2.75) is 19.9 Å². The summed E-state index contributed by atoms with van der Waals surface area (Å²) in [5, 5.41) is 7.81. The van der Waals surface area contributed by atoms with Gasteiger partial charge in [0.2, 0.25) is 11.9 Å². The number of hydrogen-bond acceptors (Lipinski definition) is 6. The normalized spacial score (nSPS) is 15.7. The van der Waals surface area contributed by atoms with Gasteiger partial charge in [-0.2, -0.15) is 4.98 Å². The van der Waals surface area contributed by atoms with Gasteiger partial charge in [0.05, 0.1) is 12.2 Å². The highest BCUT2D eigenvalue weighted by Crippen LogP contribution is 2.39. The molecule has 3 heterocycles. The van der Waals surface area contributed by atoms with Gasteiger partial charge in [-0.05, 0) is 32.0 Å². The van der Waals surface area contributed by atoms with Gasteiger partial charge in [-0.1, -0.05) is 18.2 Å². The fourth-order valence-electron chi connectivity index (χ4n) is 3.37. The highest BCUT2D eigenvalue weighted by molar-refractivity contribution is 5.95. The molecule has 28 heavy (non-hydrogen) atoms. The number of rotatable bonds is 5. The first-order chi connectivity index (χ1) is 13.6. The Balaban J connectivity index is 1.91. The number of nitrogens with one attached hydrogen (secondary N) is 1. The molecule has 0 saturated heterocycles. The van der Waals surface area contributed by atoms with Crippen molar-refractivity contribution in [3.8, 4) is 17.1 Å². The number of anilines is 1. The van der Waals surface area contributed by atoms with E-state index in [0.717, 1.165) is 11.1 Å². The molecule has 2 aromatic heterocycles. The minimum absolute atomic E-state index is 0.422.